The monoisotopic (exact) mass is 379 g/mol. The van der Waals surface area contributed by atoms with E-state index in [0.29, 0.717) is 10.8 Å². The lowest BCUT2D eigenvalue weighted by Crippen LogP contribution is -2.28. The van der Waals surface area contributed by atoms with E-state index in [1.54, 1.807) is 26.0 Å². The summed E-state index contributed by atoms with van der Waals surface area (Å²) in [5, 5.41) is 3.71. The summed E-state index contributed by atoms with van der Waals surface area (Å²) in [6.07, 6.45) is 0. The summed E-state index contributed by atoms with van der Waals surface area (Å²) in [6, 6.07) is 13.0. The molecule has 0 bridgehead atoms. The first-order valence-corrected chi connectivity index (χ1v) is 9.40. The fourth-order valence-corrected chi connectivity index (χ4v) is 3.43. The van der Waals surface area contributed by atoms with Crippen LogP contribution in [-0.2, 0) is 10.5 Å². The van der Waals surface area contributed by atoms with E-state index in [1.165, 1.54) is 0 Å². The Bertz CT molecular complexity index is 724. The molecule has 0 saturated carbocycles. The summed E-state index contributed by atoms with van der Waals surface area (Å²) >= 11 is 7.52. The van der Waals surface area contributed by atoms with E-state index >= 15 is 0 Å². The van der Waals surface area contributed by atoms with Crippen LogP contribution in [0.2, 0.25) is 5.02 Å². The molecule has 2 aromatic carbocycles. The molecule has 1 unspecified atom stereocenters. The molecule has 25 heavy (non-hydrogen) atoms. The molecular weight excluding hydrogens is 358 g/mol. The Morgan fingerprint density at radius 3 is 2.68 bits per heavy atom. The number of rotatable bonds is 8. The van der Waals surface area contributed by atoms with Crippen molar-refractivity contribution >= 4 is 29.3 Å². The second-order valence-corrected chi connectivity index (χ2v) is 6.94. The molecule has 0 aliphatic heterocycles. The highest BCUT2D eigenvalue weighted by molar-refractivity contribution is 7.99. The molecule has 134 valence electrons. The van der Waals surface area contributed by atoms with Crippen LogP contribution in [0.25, 0.3) is 0 Å². The van der Waals surface area contributed by atoms with E-state index in [0.717, 1.165) is 28.4 Å². The maximum absolute atomic E-state index is 12.2. The van der Waals surface area contributed by atoms with Crippen molar-refractivity contribution in [3.05, 3.63) is 58.6 Å². The standard InChI is InChI=1S/C19H22ClNO3S/c1-13(17-10-16(23-2)7-8-18(17)24-3)21-19(22)12-25-11-14-5-4-6-15(20)9-14/h4-10,13H,11-12H2,1-3H3,(H,21,22). The average Bonchev–Trinajstić information content (AvgIpc) is 2.61. The van der Waals surface area contributed by atoms with Gasteiger partial charge in [0.2, 0.25) is 5.91 Å². The molecule has 1 atom stereocenters. The van der Waals surface area contributed by atoms with Crippen LogP contribution >= 0.6 is 23.4 Å². The van der Waals surface area contributed by atoms with Crippen LogP contribution in [0.3, 0.4) is 0 Å². The lowest BCUT2D eigenvalue weighted by molar-refractivity contribution is -0.119. The summed E-state index contributed by atoms with van der Waals surface area (Å²) in [5.74, 6) is 2.55. The van der Waals surface area contributed by atoms with Gasteiger partial charge in [0.05, 0.1) is 26.0 Å². The summed E-state index contributed by atoms with van der Waals surface area (Å²) in [7, 11) is 3.22. The number of ether oxygens (including phenoxy) is 2. The molecule has 0 radical (unpaired) electrons. The van der Waals surface area contributed by atoms with Gasteiger partial charge >= 0.3 is 0 Å². The summed E-state index contributed by atoms with van der Waals surface area (Å²) in [4.78, 5) is 12.2. The second-order valence-electron chi connectivity index (χ2n) is 5.52. The Morgan fingerprint density at radius 2 is 2.00 bits per heavy atom. The number of hydrogen-bond acceptors (Lipinski definition) is 4. The number of thioether (sulfide) groups is 1. The Labute approximate surface area is 157 Å². The predicted octanol–water partition coefficient (Wildman–Crippen LogP) is 4.47. The van der Waals surface area contributed by atoms with Gasteiger partial charge < -0.3 is 14.8 Å². The summed E-state index contributed by atoms with van der Waals surface area (Å²) in [6.45, 7) is 1.93. The van der Waals surface area contributed by atoms with E-state index in [1.807, 2.05) is 49.4 Å². The molecule has 6 heteroatoms. The molecule has 1 N–H and O–H groups in total. The molecule has 0 fully saturated rings. The molecule has 0 aliphatic carbocycles. The maximum Gasteiger partial charge on any atom is 0.230 e. The van der Waals surface area contributed by atoms with Crippen molar-refractivity contribution < 1.29 is 14.3 Å². The predicted molar refractivity (Wildman–Crippen MR) is 104 cm³/mol. The highest BCUT2D eigenvalue weighted by Gasteiger charge is 2.15. The zero-order valence-corrected chi connectivity index (χ0v) is 16.1. The van der Waals surface area contributed by atoms with Crippen LogP contribution in [0.1, 0.15) is 24.1 Å². The zero-order valence-electron chi connectivity index (χ0n) is 14.5. The fraction of sp³-hybridized carbons (Fsp3) is 0.316. The third-order valence-electron chi connectivity index (χ3n) is 3.67. The minimum Gasteiger partial charge on any atom is -0.497 e. The maximum atomic E-state index is 12.2. The molecule has 1 amide bonds. The molecule has 0 aromatic heterocycles. The van der Waals surface area contributed by atoms with Gasteiger partial charge in [-0.15, -0.1) is 11.8 Å². The van der Waals surface area contributed by atoms with Gasteiger partial charge in [-0.05, 0) is 42.8 Å². The van der Waals surface area contributed by atoms with Crippen molar-refractivity contribution in [2.45, 2.75) is 18.7 Å². The van der Waals surface area contributed by atoms with Gasteiger partial charge in [0.15, 0.2) is 0 Å². The van der Waals surface area contributed by atoms with Crippen LogP contribution in [0.15, 0.2) is 42.5 Å². The van der Waals surface area contributed by atoms with Gasteiger partial charge in [0.1, 0.15) is 11.5 Å². The van der Waals surface area contributed by atoms with Crippen LogP contribution < -0.4 is 14.8 Å². The van der Waals surface area contributed by atoms with E-state index in [2.05, 4.69) is 5.32 Å². The minimum atomic E-state index is -0.177. The van der Waals surface area contributed by atoms with Crippen molar-refractivity contribution in [1.82, 2.24) is 5.32 Å². The summed E-state index contributed by atoms with van der Waals surface area (Å²) in [5.41, 5.74) is 1.99. The number of carbonyl (C=O) groups is 1. The molecule has 2 aromatic rings. The fourth-order valence-electron chi connectivity index (χ4n) is 2.43. The Morgan fingerprint density at radius 1 is 1.20 bits per heavy atom. The van der Waals surface area contributed by atoms with E-state index < -0.39 is 0 Å². The number of hydrogen-bond donors (Lipinski definition) is 1. The molecule has 0 spiro atoms. The van der Waals surface area contributed by atoms with Gasteiger partial charge in [-0.3, -0.25) is 4.79 Å². The van der Waals surface area contributed by atoms with Crippen molar-refractivity contribution in [2.75, 3.05) is 20.0 Å². The van der Waals surface area contributed by atoms with Gasteiger partial charge in [0.25, 0.3) is 0 Å². The van der Waals surface area contributed by atoms with E-state index in [-0.39, 0.29) is 11.9 Å². The average molecular weight is 380 g/mol. The largest absolute Gasteiger partial charge is 0.497 e. The van der Waals surface area contributed by atoms with Crippen molar-refractivity contribution in [3.8, 4) is 11.5 Å². The quantitative estimate of drug-likeness (QED) is 0.735. The molecule has 0 saturated heterocycles. The molecule has 4 nitrogen and oxygen atoms in total. The van der Waals surface area contributed by atoms with Gasteiger partial charge in [0, 0.05) is 16.3 Å². The lowest BCUT2D eigenvalue weighted by Gasteiger charge is -2.18. The summed E-state index contributed by atoms with van der Waals surface area (Å²) < 4.78 is 10.6. The number of halogens is 1. The van der Waals surface area contributed by atoms with Crippen LogP contribution in [0.4, 0.5) is 0 Å². The van der Waals surface area contributed by atoms with Gasteiger partial charge in [-0.25, -0.2) is 0 Å². The van der Waals surface area contributed by atoms with E-state index in [9.17, 15) is 4.79 Å². The molecule has 0 heterocycles. The second kappa shape index (κ2) is 9.59. The normalized spacial score (nSPS) is 11.7. The Balaban J connectivity index is 1.89. The van der Waals surface area contributed by atoms with Gasteiger partial charge in [-0.1, -0.05) is 23.7 Å². The molecule has 2 rings (SSSR count). The highest BCUT2D eigenvalue weighted by Crippen LogP contribution is 2.29. The number of carbonyl (C=O) groups excluding carboxylic acids is 1. The first kappa shape index (κ1) is 19.5. The van der Waals surface area contributed by atoms with Crippen molar-refractivity contribution in [3.63, 3.8) is 0 Å². The Kier molecular flexibility index (Phi) is 7.47. The molecular formula is C19H22ClNO3S. The number of benzene rings is 2. The Hall–Kier alpha value is -1.85. The first-order valence-electron chi connectivity index (χ1n) is 7.87. The third kappa shape index (κ3) is 5.87. The van der Waals surface area contributed by atoms with Crippen molar-refractivity contribution in [1.29, 1.82) is 0 Å². The van der Waals surface area contributed by atoms with E-state index in [4.69, 9.17) is 21.1 Å². The van der Waals surface area contributed by atoms with Crippen LogP contribution in [0.5, 0.6) is 11.5 Å². The number of amides is 1. The third-order valence-corrected chi connectivity index (χ3v) is 4.91. The topological polar surface area (TPSA) is 47.6 Å². The van der Waals surface area contributed by atoms with Crippen LogP contribution in [0, 0.1) is 0 Å². The number of nitrogens with one attached hydrogen (secondary N) is 1. The smallest absolute Gasteiger partial charge is 0.230 e. The number of methoxy groups -OCH3 is 2. The molecule has 0 aliphatic rings. The van der Waals surface area contributed by atoms with Crippen LogP contribution in [-0.4, -0.2) is 25.9 Å². The first-order chi connectivity index (χ1) is 12.0. The minimum absolute atomic E-state index is 0.0237. The SMILES string of the molecule is COc1ccc(OC)c(C(C)NC(=O)CSCc2cccc(Cl)c2)c1. The lowest BCUT2D eigenvalue weighted by atomic mass is 10.1. The zero-order chi connectivity index (χ0) is 18.2. The highest BCUT2D eigenvalue weighted by atomic mass is 35.5. The van der Waals surface area contributed by atoms with Gasteiger partial charge in [-0.2, -0.15) is 0 Å². The van der Waals surface area contributed by atoms with Crippen molar-refractivity contribution in [2.24, 2.45) is 0 Å².